The molecule has 1 saturated heterocycles. The molecule has 1 atom stereocenters. The van der Waals surface area contributed by atoms with Crippen molar-refractivity contribution in [3.8, 4) is 0 Å². The van der Waals surface area contributed by atoms with E-state index in [2.05, 4.69) is 24.4 Å². The van der Waals surface area contributed by atoms with Crippen molar-refractivity contribution >= 4 is 11.8 Å². The van der Waals surface area contributed by atoms with Crippen molar-refractivity contribution in [2.45, 2.75) is 52.1 Å². The zero-order chi connectivity index (χ0) is 15.6. The number of carbonyl (C=O) groups excluding carboxylic acids is 2. The summed E-state index contributed by atoms with van der Waals surface area (Å²) >= 11 is 0. The molecule has 21 heavy (non-hydrogen) atoms. The summed E-state index contributed by atoms with van der Waals surface area (Å²) < 4.78 is 0. The molecule has 114 valence electrons. The Kier molecular flexibility index (Phi) is 4.35. The normalized spacial score (nSPS) is 21.3. The summed E-state index contributed by atoms with van der Waals surface area (Å²) in [5.74, 6) is -0.0468. The van der Waals surface area contributed by atoms with E-state index in [9.17, 15) is 9.59 Å². The van der Waals surface area contributed by atoms with Crippen LogP contribution < -0.4 is 5.32 Å². The Morgan fingerprint density at radius 2 is 1.90 bits per heavy atom. The second kappa shape index (κ2) is 5.88. The maximum Gasteiger partial charge on any atom is 0.248 e. The third-order valence-electron chi connectivity index (χ3n) is 4.18. The first-order valence-corrected chi connectivity index (χ1v) is 7.54. The number of carbonyl (C=O) groups is 2. The van der Waals surface area contributed by atoms with Gasteiger partial charge in [0, 0.05) is 6.54 Å². The minimum absolute atomic E-state index is 0.00235. The molecule has 0 aliphatic carbocycles. The number of rotatable bonds is 4. The molecule has 0 aromatic heterocycles. The van der Waals surface area contributed by atoms with Gasteiger partial charge in [-0.3, -0.25) is 9.59 Å². The van der Waals surface area contributed by atoms with E-state index in [0.29, 0.717) is 13.0 Å². The molecule has 1 aromatic carbocycles. The first kappa shape index (κ1) is 15.5. The van der Waals surface area contributed by atoms with Gasteiger partial charge in [-0.25, -0.2) is 0 Å². The molecule has 2 amide bonds. The van der Waals surface area contributed by atoms with E-state index in [4.69, 9.17) is 0 Å². The summed E-state index contributed by atoms with van der Waals surface area (Å²) in [5.41, 5.74) is 1.64. The fourth-order valence-electron chi connectivity index (χ4n) is 2.88. The van der Waals surface area contributed by atoms with Crippen molar-refractivity contribution in [3.05, 3.63) is 35.4 Å². The second-order valence-electron chi connectivity index (χ2n) is 6.21. The van der Waals surface area contributed by atoms with Crippen molar-refractivity contribution in [2.75, 3.05) is 6.54 Å². The summed E-state index contributed by atoms with van der Waals surface area (Å²) in [7, 11) is 0. The number of nitrogens with zero attached hydrogens (tertiary/aromatic N) is 1. The lowest BCUT2D eigenvalue weighted by molar-refractivity contribution is -0.153. The van der Waals surface area contributed by atoms with Gasteiger partial charge in [-0.05, 0) is 44.7 Å². The standard InChI is InChI=1S/C17H24N2O2/c1-5-14-15(20)18-17(3,4)16(21)19(14)11-10-13-9-7-6-8-12(13)2/h6-9,14H,5,10-11H2,1-4H3,(H,18,20). The average molecular weight is 288 g/mol. The molecular formula is C17H24N2O2. The molecule has 0 saturated carbocycles. The molecule has 1 aromatic rings. The quantitative estimate of drug-likeness (QED) is 0.922. The molecule has 0 radical (unpaired) electrons. The van der Waals surface area contributed by atoms with Crippen molar-refractivity contribution in [1.29, 1.82) is 0 Å². The van der Waals surface area contributed by atoms with Crippen LogP contribution in [-0.4, -0.2) is 34.8 Å². The van der Waals surface area contributed by atoms with E-state index in [0.717, 1.165) is 6.42 Å². The van der Waals surface area contributed by atoms with Crippen molar-refractivity contribution in [2.24, 2.45) is 0 Å². The number of piperazine rings is 1. The van der Waals surface area contributed by atoms with Gasteiger partial charge in [-0.15, -0.1) is 0 Å². The van der Waals surface area contributed by atoms with E-state index in [1.807, 2.05) is 19.1 Å². The van der Waals surface area contributed by atoms with Gasteiger partial charge in [0.1, 0.15) is 11.6 Å². The van der Waals surface area contributed by atoms with Crippen LogP contribution in [0.4, 0.5) is 0 Å². The maximum absolute atomic E-state index is 12.6. The molecule has 2 rings (SSSR count). The topological polar surface area (TPSA) is 49.4 Å². The zero-order valence-electron chi connectivity index (χ0n) is 13.3. The van der Waals surface area contributed by atoms with E-state index < -0.39 is 5.54 Å². The van der Waals surface area contributed by atoms with Gasteiger partial charge in [0.05, 0.1) is 0 Å². The molecule has 1 aliphatic rings. The highest BCUT2D eigenvalue weighted by molar-refractivity contribution is 5.99. The van der Waals surface area contributed by atoms with Crippen LogP contribution in [-0.2, 0) is 16.0 Å². The molecule has 4 heteroatoms. The largest absolute Gasteiger partial charge is 0.340 e. The molecular weight excluding hydrogens is 264 g/mol. The lowest BCUT2D eigenvalue weighted by atomic mass is 9.95. The van der Waals surface area contributed by atoms with Crippen LogP contribution >= 0.6 is 0 Å². The van der Waals surface area contributed by atoms with E-state index in [-0.39, 0.29) is 17.9 Å². The highest BCUT2D eigenvalue weighted by Gasteiger charge is 2.44. The minimum atomic E-state index is -0.811. The van der Waals surface area contributed by atoms with Crippen molar-refractivity contribution in [3.63, 3.8) is 0 Å². The number of benzene rings is 1. The summed E-state index contributed by atoms with van der Waals surface area (Å²) in [4.78, 5) is 26.5. The molecule has 0 bridgehead atoms. The monoisotopic (exact) mass is 288 g/mol. The van der Waals surface area contributed by atoms with Gasteiger partial charge >= 0.3 is 0 Å². The van der Waals surface area contributed by atoms with Crippen LogP contribution in [0.5, 0.6) is 0 Å². The highest BCUT2D eigenvalue weighted by Crippen LogP contribution is 2.21. The lowest BCUT2D eigenvalue weighted by Gasteiger charge is -2.42. The highest BCUT2D eigenvalue weighted by atomic mass is 16.2. The Labute approximate surface area is 126 Å². The summed E-state index contributed by atoms with van der Waals surface area (Å²) in [6, 6.07) is 7.82. The Morgan fingerprint density at radius 3 is 2.52 bits per heavy atom. The van der Waals surface area contributed by atoms with Gasteiger partial charge in [0.15, 0.2) is 0 Å². The number of aryl methyl sites for hydroxylation is 1. The fraction of sp³-hybridized carbons (Fsp3) is 0.529. The molecule has 1 unspecified atom stereocenters. The SMILES string of the molecule is CCC1C(=O)NC(C)(C)C(=O)N1CCc1ccccc1C. The van der Waals surface area contributed by atoms with Gasteiger partial charge < -0.3 is 10.2 Å². The summed E-state index contributed by atoms with van der Waals surface area (Å²) in [5, 5.41) is 2.82. The van der Waals surface area contributed by atoms with Gasteiger partial charge in [-0.2, -0.15) is 0 Å². The Bertz CT molecular complexity index is 551. The molecule has 0 spiro atoms. The lowest BCUT2D eigenvalue weighted by Crippen LogP contribution is -2.68. The number of nitrogens with one attached hydrogen (secondary N) is 1. The molecule has 4 nitrogen and oxygen atoms in total. The van der Waals surface area contributed by atoms with Crippen LogP contribution in [0.1, 0.15) is 38.3 Å². The predicted molar refractivity (Wildman–Crippen MR) is 82.9 cm³/mol. The van der Waals surface area contributed by atoms with Crippen molar-refractivity contribution in [1.82, 2.24) is 10.2 Å². The minimum Gasteiger partial charge on any atom is -0.340 e. The van der Waals surface area contributed by atoms with Gasteiger partial charge in [0.2, 0.25) is 11.8 Å². The summed E-state index contributed by atoms with van der Waals surface area (Å²) in [6.45, 7) is 8.12. The number of hydrogen-bond acceptors (Lipinski definition) is 2. The van der Waals surface area contributed by atoms with Crippen LogP contribution in [0.25, 0.3) is 0 Å². The smallest absolute Gasteiger partial charge is 0.248 e. The third kappa shape index (κ3) is 3.09. The molecule has 1 N–H and O–H groups in total. The maximum atomic E-state index is 12.6. The van der Waals surface area contributed by atoms with Gasteiger partial charge in [-0.1, -0.05) is 31.2 Å². The van der Waals surface area contributed by atoms with Crippen molar-refractivity contribution < 1.29 is 9.59 Å². The first-order valence-electron chi connectivity index (χ1n) is 7.54. The Morgan fingerprint density at radius 1 is 1.24 bits per heavy atom. The fourth-order valence-corrected chi connectivity index (χ4v) is 2.88. The van der Waals surface area contributed by atoms with Crippen LogP contribution in [0, 0.1) is 6.92 Å². The van der Waals surface area contributed by atoms with E-state index in [1.54, 1.807) is 18.7 Å². The zero-order valence-corrected chi connectivity index (χ0v) is 13.3. The average Bonchev–Trinajstić information content (AvgIpc) is 2.42. The van der Waals surface area contributed by atoms with Gasteiger partial charge in [0.25, 0.3) is 0 Å². The van der Waals surface area contributed by atoms with E-state index >= 15 is 0 Å². The summed E-state index contributed by atoms with van der Waals surface area (Å²) in [6.07, 6.45) is 1.42. The molecule has 1 heterocycles. The van der Waals surface area contributed by atoms with Crippen LogP contribution in [0.15, 0.2) is 24.3 Å². The third-order valence-corrected chi connectivity index (χ3v) is 4.18. The molecule has 1 fully saturated rings. The van der Waals surface area contributed by atoms with Crippen LogP contribution in [0.3, 0.4) is 0 Å². The van der Waals surface area contributed by atoms with Crippen LogP contribution in [0.2, 0.25) is 0 Å². The second-order valence-corrected chi connectivity index (χ2v) is 6.21. The number of hydrogen-bond donors (Lipinski definition) is 1. The number of amides is 2. The first-order chi connectivity index (χ1) is 9.86. The Balaban J connectivity index is 2.17. The predicted octanol–water partition coefficient (Wildman–Crippen LogP) is 2.05. The molecule has 1 aliphatic heterocycles. The van der Waals surface area contributed by atoms with E-state index in [1.165, 1.54) is 11.1 Å². The Hall–Kier alpha value is -1.84.